The summed E-state index contributed by atoms with van der Waals surface area (Å²) < 4.78 is 8.03. The van der Waals surface area contributed by atoms with E-state index < -0.39 is 17.2 Å². The van der Waals surface area contributed by atoms with E-state index in [1.807, 2.05) is 26.0 Å². The number of hydrogen-bond acceptors (Lipinski definition) is 7. The van der Waals surface area contributed by atoms with E-state index in [1.165, 1.54) is 30.8 Å². The lowest BCUT2D eigenvalue weighted by Crippen LogP contribution is -2.45. The zero-order valence-electron chi connectivity index (χ0n) is 18.5. The van der Waals surface area contributed by atoms with Crippen molar-refractivity contribution in [2.45, 2.75) is 32.6 Å². The molecule has 1 aliphatic heterocycles. The van der Waals surface area contributed by atoms with Gasteiger partial charge in [0.15, 0.2) is 0 Å². The quantitative estimate of drug-likeness (QED) is 0.634. The van der Waals surface area contributed by atoms with Crippen molar-refractivity contribution in [3.63, 3.8) is 0 Å². The number of nitrogens with one attached hydrogen (secondary N) is 1. The number of ether oxygens (including phenoxy) is 1. The number of anilines is 1. The van der Waals surface area contributed by atoms with Crippen LogP contribution in [0.5, 0.6) is 0 Å². The van der Waals surface area contributed by atoms with Crippen LogP contribution in [0.1, 0.15) is 29.9 Å². The first-order chi connectivity index (χ1) is 15.2. The Bertz CT molecular complexity index is 1270. The minimum absolute atomic E-state index is 0.127. The van der Waals surface area contributed by atoms with Gasteiger partial charge in [0.2, 0.25) is 0 Å². The summed E-state index contributed by atoms with van der Waals surface area (Å²) in [6.45, 7) is 5.93. The minimum Gasteiger partial charge on any atom is -0.372 e. The van der Waals surface area contributed by atoms with Crippen LogP contribution < -0.4 is 21.5 Å². The maximum Gasteiger partial charge on any atom is 0.332 e. The molecule has 1 amide bonds. The van der Waals surface area contributed by atoms with E-state index in [1.54, 1.807) is 6.20 Å². The zero-order chi connectivity index (χ0) is 23.0. The number of amides is 1. The molecule has 2 atom stereocenters. The molecule has 0 radical (unpaired) electrons. The van der Waals surface area contributed by atoms with E-state index in [9.17, 15) is 14.4 Å². The molecule has 1 saturated heterocycles. The van der Waals surface area contributed by atoms with E-state index in [-0.39, 0.29) is 35.5 Å². The van der Waals surface area contributed by atoms with Gasteiger partial charge in [0.05, 0.1) is 17.6 Å². The van der Waals surface area contributed by atoms with Crippen molar-refractivity contribution in [2.75, 3.05) is 18.0 Å². The Hall–Kier alpha value is -3.53. The molecule has 10 nitrogen and oxygen atoms in total. The van der Waals surface area contributed by atoms with Gasteiger partial charge in [0.25, 0.3) is 11.5 Å². The van der Waals surface area contributed by atoms with Crippen LogP contribution in [0.25, 0.3) is 11.0 Å². The maximum atomic E-state index is 12.6. The molecule has 32 heavy (non-hydrogen) atoms. The molecule has 0 saturated carbocycles. The largest absolute Gasteiger partial charge is 0.372 e. The fourth-order valence-corrected chi connectivity index (χ4v) is 3.93. The second kappa shape index (κ2) is 8.54. The highest BCUT2D eigenvalue weighted by atomic mass is 16.5. The fraction of sp³-hybridized carbons (Fsp3) is 0.409. The van der Waals surface area contributed by atoms with E-state index in [4.69, 9.17) is 4.74 Å². The van der Waals surface area contributed by atoms with Gasteiger partial charge in [0.1, 0.15) is 17.2 Å². The molecule has 0 bridgehead atoms. The number of morpholine rings is 1. The van der Waals surface area contributed by atoms with Gasteiger partial charge < -0.3 is 15.0 Å². The van der Waals surface area contributed by atoms with Gasteiger partial charge in [-0.1, -0.05) is 6.07 Å². The first-order valence-corrected chi connectivity index (χ1v) is 10.4. The van der Waals surface area contributed by atoms with Crippen LogP contribution in [0, 0.1) is 0 Å². The molecule has 0 spiro atoms. The molecule has 1 aliphatic rings. The summed E-state index contributed by atoms with van der Waals surface area (Å²) in [6, 6.07) is 6.85. The second-order valence-corrected chi connectivity index (χ2v) is 8.14. The lowest BCUT2D eigenvalue weighted by Gasteiger charge is -2.36. The number of carbonyl (C=O) groups is 1. The average molecular weight is 438 g/mol. The molecule has 10 heteroatoms. The third-order valence-electron chi connectivity index (χ3n) is 5.54. The number of aryl methyl sites for hydroxylation is 1. The monoisotopic (exact) mass is 438 g/mol. The summed E-state index contributed by atoms with van der Waals surface area (Å²) in [5, 5.41) is 3.08. The molecule has 168 valence electrons. The minimum atomic E-state index is -0.497. The van der Waals surface area contributed by atoms with Crippen LogP contribution in [0.4, 0.5) is 5.82 Å². The van der Waals surface area contributed by atoms with Gasteiger partial charge in [-0.3, -0.25) is 18.7 Å². The number of nitrogens with zero attached hydrogens (tertiary/aromatic N) is 5. The number of aromatic nitrogens is 4. The SMILES string of the molecule is CC1CN(c2ccc(CNC(=O)c3ccc4c(=O)n(C)c(=O)n(C)c4n3)cn2)CC(C)O1. The van der Waals surface area contributed by atoms with Crippen LogP contribution in [0.15, 0.2) is 40.1 Å². The first kappa shape index (κ1) is 21.7. The van der Waals surface area contributed by atoms with Gasteiger partial charge in [-0.25, -0.2) is 14.8 Å². The van der Waals surface area contributed by atoms with Crippen LogP contribution in [0.2, 0.25) is 0 Å². The van der Waals surface area contributed by atoms with Crippen LogP contribution in [0.3, 0.4) is 0 Å². The third kappa shape index (κ3) is 4.13. The molecule has 0 aliphatic carbocycles. The van der Waals surface area contributed by atoms with Crippen LogP contribution >= 0.6 is 0 Å². The number of pyridine rings is 2. The highest BCUT2D eigenvalue weighted by Gasteiger charge is 2.23. The molecule has 3 aromatic heterocycles. The zero-order valence-corrected chi connectivity index (χ0v) is 18.5. The molecule has 2 unspecified atom stereocenters. The predicted octanol–water partition coefficient (Wildman–Crippen LogP) is 0.571. The molecule has 4 rings (SSSR count). The van der Waals surface area contributed by atoms with Gasteiger partial charge in [-0.15, -0.1) is 0 Å². The van der Waals surface area contributed by atoms with Crippen molar-refractivity contribution < 1.29 is 9.53 Å². The van der Waals surface area contributed by atoms with Crippen molar-refractivity contribution in [1.29, 1.82) is 0 Å². The molecule has 1 N–H and O–H groups in total. The lowest BCUT2D eigenvalue weighted by molar-refractivity contribution is -0.00546. The van der Waals surface area contributed by atoms with Crippen molar-refractivity contribution in [3.05, 3.63) is 62.6 Å². The van der Waals surface area contributed by atoms with E-state index in [0.717, 1.165) is 29.0 Å². The third-order valence-corrected chi connectivity index (χ3v) is 5.54. The Morgan fingerprint density at radius 2 is 1.81 bits per heavy atom. The smallest absolute Gasteiger partial charge is 0.332 e. The van der Waals surface area contributed by atoms with E-state index >= 15 is 0 Å². The summed E-state index contributed by atoms with van der Waals surface area (Å²) >= 11 is 0. The highest BCUT2D eigenvalue weighted by Crippen LogP contribution is 2.18. The summed E-state index contributed by atoms with van der Waals surface area (Å²) in [6.07, 6.45) is 2.03. The van der Waals surface area contributed by atoms with Crippen molar-refractivity contribution in [1.82, 2.24) is 24.4 Å². The maximum absolute atomic E-state index is 12.6. The number of carbonyl (C=O) groups excluding carboxylic acids is 1. The molecular formula is C22H26N6O4. The van der Waals surface area contributed by atoms with Crippen molar-refractivity contribution >= 4 is 22.8 Å². The lowest BCUT2D eigenvalue weighted by atomic mass is 10.2. The van der Waals surface area contributed by atoms with Crippen LogP contribution in [-0.4, -0.2) is 50.3 Å². The standard InChI is InChI=1S/C22H26N6O4/c1-13-11-28(12-14(2)32-13)18-8-5-15(9-23-18)10-24-20(29)17-7-6-16-19(25-17)26(3)22(31)27(4)21(16)30/h5-9,13-14H,10-12H2,1-4H3,(H,24,29). The highest BCUT2D eigenvalue weighted by molar-refractivity contribution is 5.94. The summed E-state index contributed by atoms with van der Waals surface area (Å²) in [5.41, 5.74) is 0.200. The first-order valence-electron chi connectivity index (χ1n) is 10.4. The Labute approximate surface area is 184 Å². The molecule has 0 aromatic carbocycles. The molecule has 4 heterocycles. The molecule has 1 fully saturated rings. The van der Waals surface area contributed by atoms with E-state index in [2.05, 4.69) is 20.2 Å². The number of rotatable bonds is 4. The number of hydrogen-bond donors (Lipinski definition) is 1. The van der Waals surface area contributed by atoms with Gasteiger partial charge in [-0.2, -0.15) is 0 Å². The van der Waals surface area contributed by atoms with Crippen molar-refractivity contribution in [2.24, 2.45) is 14.1 Å². The molecular weight excluding hydrogens is 412 g/mol. The molecule has 3 aromatic rings. The van der Waals surface area contributed by atoms with Gasteiger partial charge in [-0.05, 0) is 37.6 Å². The van der Waals surface area contributed by atoms with Crippen molar-refractivity contribution in [3.8, 4) is 0 Å². The van der Waals surface area contributed by atoms with E-state index in [0.29, 0.717) is 0 Å². The Balaban J connectivity index is 1.46. The summed E-state index contributed by atoms with van der Waals surface area (Å²) in [7, 11) is 2.92. The van der Waals surface area contributed by atoms with Crippen LogP contribution in [-0.2, 0) is 25.4 Å². The topological polar surface area (TPSA) is 111 Å². The fourth-order valence-electron chi connectivity index (χ4n) is 3.93. The predicted molar refractivity (Wildman–Crippen MR) is 120 cm³/mol. The summed E-state index contributed by atoms with van der Waals surface area (Å²) in [5.74, 6) is 0.473. The summed E-state index contributed by atoms with van der Waals surface area (Å²) in [4.78, 5) is 48.0. The van der Waals surface area contributed by atoms with Gasteiger partial charge in [0, 0.05) is 39.9 Å². The normalized spacial score (nSPS) is 18.7. The Morgan fingerprint density at radius 3 is 2.47 bits per heavy atom. The Kier molecular flexibility index (Phi) is 5.79. The Morgan fingerprint density at radius 1 is 1.09 bits per heavy atom. The second-order valence-electron chi connectivity index (χ2n) is 8.14. The van der Waals surface area contributed by atoms with Gasteiger partial charge >= 0.3 is 5.69 Å². The average Bonchev–Trinajstić information content (AvgIpc) is 2.79. The number of fused-ring (bicyclic) bond motifs is 1.